The van der Waals surface area contributed by atoms with Crippen molar-refractivity contribution in [2.75, 3.05) is 20.8 Å². The van der Waals surface area contributed by atoms with Crippen LogP contribution in [0.5, 0.6) is 17.6 Å². The number of amides is 1. The largest absolute Gasteiger partial charge is 0.573 e. The van der Waals surface area contributed by atoms with Crippen LogP contribution < -0.4 is 14.2 Å². The number of nitrogens with zero attached hydrogens (tertiary/aromatic N) is 4. The fourth-order valence-corrected chi connectivity index (χ4v) is 3.59. The zero-order valence-electron chi connectivity index (χ0n) is 17.8. The summed E-state index contributed by atoms with van der Waals surface area (Å²) in [6, 6.07) is 5.42. The summed E-state index contributed by atoms with van der Waals surface area (Å²) >= 11 is 0. The highest BCUT2D eigenvalue weighted by Gasteiger charge is 2.31. The van der Waals surface area contributed by atoms with Gasteiger partial charge in [-0.05, 0) is 17.7 Å². The quantitative estimate of drug-likeness (QED) is 0.600. The van der Waals surface area contributed by atoms with Crippen LogP contribution in [0.4, 0.5) is 13.2 Å². The average Bonchev–Trinajstić information content (AvgIpc) is 3.22. The highest BCUT2D eigenvalue weighted by Crippen LogP contribution is 2.33. The van der Waals surface area contributed by atoms with E-state index in [-0.39, 0.29) is 24.1 Å². The summed E-state index contributed by atoms with van der Waals surface area (Å²) < 4.78 is 51.2. The Morgan fingerprint density at radius 1 is 1.18 bits per heavy atom. The first-order chi connectivity index (χ1) is 15.8. The van der Waals surface area contributed by atoms with Crippen LogP contribution in [0.3, 0.4) is 0 Å². The Balaban J connectivity index is 1.49. The van der Waals surface area contributed by atoms with Crippen LogP contribution in [0.2, 0.25) is 0 Å². The molecule has 1 amide bonds. The third kappa shape index (κ3) is 4.99. The van der Waals surface area contributed by atoms with Crippen LogP contribution in [-0.4, -0.2) is 58.1 Å². The lowest BCUT2D eigenvalue weighted by Gasteiger charge is -2.27. The lowest BCUT2D eigenvalue weighted by Crippen LogP contribution is -2.36. The maximum absolute atomic E-state index is 12.9. The van der Waals surface area contributed by atoms with E-state index in [1.54, 1.807) is 11.1 Å². The second kappa shape index (κ2) is 8.96. The molecule has 174 valence electrons. The number of aromatic amines is 1. The second-order valence-corrected chi connectivity index (χ2v) is 7.24. The number of ether oxygens (including phenoxy) is 3. The lowest BCUT2D eigenvalue weighted by molar-refractivity contribution is -0.274. The zero-order valence-corrected chi connectivity index (χ0v) is 17.8. The van der Waals surface area contributed by atoms with Gasteiger partial charge < -0.3 is 19.1 Å². The summed E-state index contributed by atoms with van der Waals surface area (Å²) in [6.07, 6.45) is -2.59. The molecular weight excluding hydrogens is 443 g/mol. The Labute approximate surface area is 186 Å². The Morgan fingerprint density at radius 2 is 1.94 bits per heavy atom. The Bertz CT molecular complexity index is 1150. The molecule has 2 aromatic heterocycles. The molecule has 3 heterocycles. The van der Waals surface area contributed by atoms with E-state index >= 15 is 0 Å². The van der Waals surface area contributed by atoms with Gasteiger partial charge in [-0.1, -0.05) is 12.1 Å². The molecule has 0 unspecified atom stereocenters. The molecule has 0 aliphatic carbocycles. The number of hydrogen-bond donors (Lipinski definition) is 1. The predicted octanol–water partition coefficient (Wildman–Crippen LogP) is 2.91. The van der Waals surface area contributed by atoms with Crippen LogP contribution in [0.15, 0.2) is 30.5 Å². The molecule has 0 radical (unpaired) electrons. The van der Waals surface area contributed by atoms with E-state index in [1.807, 2.05) is 0 Å². The molecule has 0 bridgehead atoms. The predicted molar refractivity (Wildman–Crippen MR) is 109 cm³/mol. The van der Waals surface area contributed by atoms with Crippen molar-refractivity contribution in [1.29, 1.82) is 0 Å². The number of carbonyl (C=O) groups is 1. The van der Waals surface area contributed by atoms with Gasteiger partial charge in [-0.25, -0.2) is 4.98 Å². The molecule has 0 saturated carbocycles. The van der Waals surface area contributed by atoms with Gasteiger partial charge in [-0.2, -0.15) is 10.1 Å². The Morgan fingerprint density at radius 3 is 2.61 bits per heavy atom. The highest BCUT2D eigenvalue weighted by molar-refractivity contribution is 5.80. The summed E-state index contributed by atoms with van der Waals surface area (Å²) in [5.74, 6) is -0.198. The molecular formula is C21H20F3N5O4. The highest BCUT2D eigenvalue weighted by atomic mass is 19.4. The fraction of sp³-hybridized carbons (Fsp3) is 0.333. The Hall–Kier alpha value is -3.83. The number of methoxy groups -OCH3 is 2. The number of H-pyrrole nitrogens is 1. The summed E-state index contributed by atoms with van der Waals surface area (Å²) in [5.41, 5.74) is 3.45. The lowest BCUT2D eigenvalue weighted by atomic mass is 10.0. The first kappa shape index (κ1) is 22.4. The third-order valence-electron chi connectivity index (χ3n) is 5.16. The van der Waals surface area contributed by atoms with Gasteiger partial charge in [-0.15, -0.1) is 13.2 Å². The van der Waals surface area contributed by atoms with Crippen LogP contribution in [0, 0.1) is 0 Å². The van der Waals surface area contributed by atoms with Crippen molar-refractivity contribution in [3.8, 4) is 28.9 Å². The minimum absolute atomic E-state index is 0.0454. The molecule has 1 aromatic carbocycles. The minimum atomic E-state index is -4.76. The van der Waals surface area contributed by atoms with E-state index in [0.29, 0.717) is 42.2 Å². The molecule has 0 fully saturated rings. The molecule has 1 aliphatic heterocycles. The average molecular weight is 463 g/mol. The van der Waals surface area contributed by atoms with Crippen molar-refractivity contribution in [3.05, 3.63) is 47.3 Å². The van der Waals surface area contributed by atoms with E-state index in [1.165, 1.54) is 38.5 Å². The minimum Gasteiger partial charge on any atom is -0.480 e. The number of benzene rings is 1. The van der Waals surface area contributed by atoms with Gasteiger partial charge in [0.2, 0.25) is 11.8 Å². The van der Waals surface area contributed by atoms with Crippen LogP contribution in [0.1, 0.15) is 16.8 Å². The van der Waals surface area contributed by atoms with E-state index in [0.717, 1.165) is 11.3 Å². The molecule has 3 aromatic rings. The number of halogens is 3. The number of nitrogens with one attached hydrogen (secondary N) is 1. The summed E-state index contributed by atoms with van der Waals surface area (Å²) in [6.45, 7) is 0.795. The van der Waals surface area contributed by atoms with Gasteiger partial charge >= 0.3 is 12.4 Å². The molecule has 4 rings (SSSR count). The zero-order chi connectivity index (χ0) is 23.6. The van der Waals surface area contributed by atoms with Gasteiger partial charge in [0.15, 0.2) is 0 Å². The van der Waals surface area contributed by atoms with Gasteiger partial charge in [0.05, 0.1) is 26.2 Å². The van der Waals surface area contributed by atoms with Crippen molar-refractivity contribution < 1.29 is 32.2 Å². The van der Waals surface area contributed by atoms with Gasteiger partial charge in [0.25, 0.3) is 0 Å². The molecule has 0 spiro atoms. The third-order valence-corrected chi connectivity index (χ3v) is 5.16. The summed E-state index contributed by atoms with van der Waals surface area (Å²) in [4.78, 5) is 22.9. The monoisotopic (exact) mass is 463 g/mol. The second-order valence-electron chi connectivity index (χ2n) is 7.24. The summed E-state index contributed by atoms with van der Waals surface area (Å²) in [7, 11) is 2.93. The van der Waals surface area contributed by atoms with Gasteiger partial charge in [0.1, 0.15) is 11.4 Å². The topological polar surface area (TPSA) is 102 Å². The summed E-state index contributed by atoms with van der Waals surface area (Å²) in [5, 5.41) is 7.38. The van der Waals surface area contributed by atoms with E-state index in [2.05, 4.69) is 24.9 Å². The molecule has 12 heteroatoms. The molecule has 9 nitrogen and oxygen atoms in total. The van der Waals surface area contributed by atoms with Gasteiger partial charge in [0, 0.05) is 37.0 Å². The molecule has 33 heavy (non-hydrogen) atoms. The van der Waals surface area contributed by atoms with E-state index < -0.39 is 6.36 Å². The molecule has 1 aliphatic rings. The first-order valence-corrected chi connectivity index (χ1v) is 9.91. The van der Waals surface area contributed by atoms with Crippen molar-refractivity contribution in [2.45, 2.75) is 25.7 Å². The van der Waals surface area contributed by atoms with Crippen LogP contribution in [-0.2, 0) is 24.2 Å². The maximum atomic E-state index is 12.9. The standard InChI is InChI=1S/C21H20F3N5O4/c1-31-19-14(10-25-20(26-19)32-2)18-15-11-29(8-7-16(15)27-28-18)17(30)9-12-3-5-13(6-4-12)33-21(22,23)24/h3-6,10H,7-9,11H2,1-2H3,(H,27,28). The Kier molecular flexibility index (Phi) is 6.07. The van der Waals surface area contributed by atoms with Crippen LogP contribution in [0.25, 0.3) is 11.3 Å². The number of rotatable bonds is 6. The van der Waals surface area contributed by atoms with Crippen molar-refractivity contribution in [1.82, 2.24) is 25.1 Å². The van der Waals surface area contributed by atoms with Gasteiger partial charge in [-0.3, -0.25) is 9.89 Å². The fourth-order valence-electron chi connectivity index (χ4n) is 3.59. The molecule has 0 atom stereocenters. The van der Waals surface area contributed by atoms with E-state index in [9.17, 15) is 18.0 Å². The van der Waals surface area contributed by atoms with Crippen molar-refractivity contribution in [3.63, 3.8) is 0 Å². The van der Waals surface area contributed by atoms with Crippen molar-refractivity contribution >= 4 is 5.91 Å². The normalized spacial score (nSPS) is 13.4. The number of alkyl halides is 3. The smallest absolute Gasteiger partial charge is 0.480 e. The number of aromatic nitrogens is 4. The maximum Gasteiger partial charge on any atom is 0.573 e. The van der Waals surface area contributed by atoms with Crippen LogP contribution >= 0.6 is 0 Å². The number of fused-ring (bicyclic) bond motifs is 1. The molecule has 1 N–H and O–H groups in total. The SMILES string of the molecule is COc1ncc(-c2n[nH]c3c2CN(C(=O)Cc2ccc(OC(F)(F)F)cc2)CC3)c(OC)n1. The van der Waals surface area contributed by atoms with E-state index in [4.69, 9.17) is 9.47 Å². The first-order valence-electron chi connectivity index (χ1n) is 9.91. The number of hydrogen-bond acceptors (Lipinski definition) is 7. The molecule has 0 saturated heterocycles. The van der Waals surface area contributed by atoms with Crippen molar-refractivity contribution in [2.24, 2.45) is 0 Å². The number of carbonyl (C=O) groups excluding carboxylic acids is 1.